The third-order valence-corrected chi connectivity index (χ3v) is 4.80. The van der Waals surface area contributed by atoms with E-state index in [1.54, 1.807) is 23.6 Å². The highest BCUT2D eigenvalue weighted by atomic mass is 32.1. The Labute approximate surface area is 124 Å². The summed E-state index contributed by atoms with van der Waals surface area (Å²) in [6.07, 6.45) is 5.11. The predicted octanol–water partition coefficient (Wildman–Crippen LogP) is 1.13. The van der Waals surface area contributed by atoms with E-state index in [0.717, 1.165) is 15.9 Å². The number of carbonyl (C=O) groups is 1. The molecule has 3 aromatic heterocycles. The molecule has 106 valence electrons. The van der Waals surface area contributed by atoms with Crippen molar-refractivity contribution >= 4 is 33.0 Å². The Morgan fingerprint density at radius 2 is 2.29 bits per heavy atom. The highest BCUT2D eigenvalue weighted by Crippen LogP contribution is 2.34. The minimum Gasteiger partial charge on any atom is -0.397 e. The zero-order valence-electron chi connectivity index (χ0n) is 11.1. The largest absolute Gasteiger partial charge is 0.397 e. The first kappa shape index (κ1) is 12.3. The number of thiophene rings is 1. The molecule has 0 aromatic carbocycles. The molecular formula is C13H12N6OS. The molecule has 4 heterocycles. The second-order valence-corrected chi connectivity index (χ2v) is 5.94. The lowest BCUT2D eigenvalue weighted by Gasteiger charge is -2.26. The van der Waals surface area contributed by atoms with Gasteiger partial charge in [0.05, 0.1) is 16.9 Å². The van der Waals surface area contributed by atoms with E-state index in [-0.39, 0.29) is 5.91 Å². The highest BCUT2D eigenvalue weighted by Gasteiger charge is 2.26. The smallest absolute Gasteiger partial charge is 0.266 e. The van der Waals surface area contributed by atoms with Crippen molar-refractivity contribution in [2.24, 2.45) is 0 Å². The summed E-state index contributed by atoms with van der Waals surface area (Å²) in [5, 5.41) is 8.78. The molecule has 21 heavy (non-hydrogen) atoms. The van der Waals surface area contributed by atoms with Gasteiger partial charge in [0, 0.05) is 30.9 Å². The van der Waals surface area contributed by atoms with Gasteiger partial charge in [-0.15, -0.1) is 21.5 Å². The molecule has 7 nitrogen and oxygen atoms in total. The number of aromatic nitrogens is 4. The Kier molecular flexibility index (Phi) is 2.64. The number of hydrogen-bond donors (Lipinski definition) is 1. The van der Waals surface area contributed by atoms with Crippen LogP contribution < -0.4 is 5.73 Å². The summed E-state index contributed by atoms with van der Waals surface area (Å²) in [4.78, 5) is 19.1. The number of pyridine rings is 1. The van der Waals surface area contributed by atoms with Gasteiger partial charge in [0.15, 0.2) is 5.82 Å². The van der Waals surface area contributed by atoms with Crippen molar-refractivity contribution in [3.63, 3.8) is 0 Å². The van der Waals surface area contributed by atoms with Crippen LogP contribution in [0.4, 0.5) is 5.69 Å². The Morgan fingerprint density at radius 1 is 1.38 bits per heavy atom. The molecule has 0 radical (unpaired) electrons. The molecule has 2 N–H and O–H groups in total. The van der Waals surface area contributed by atoms with Gasteiger partial charge in [-0.1, -0.05) is 0 Å². The minimum atomic E-state index is -0.0528. The summed E-state index contributed by atoms with van der Waals surface area (Å²) in [6, 6.07) is 1.84. The number of amides is 1. The molecular weight excluding hydrogens is 288 g/mol. The number of rotatable bonds is 1. The average Bonchev–Trinajstić information content (AvgIpc) is 3.11. The third-order valence-electron chi connectivity index (χ3n) is 3.65. The Bertz CT molecular complexity index is 838. The lowest BCUT2D eigenvalue weighted by molar-refractivity contribution is 0.0713. The quantitative estimate of drug-likeness (QED) is 0.727. The first-order valence-corrected chi connectivity index (χ1v) is 7.33. The molecule has 0 saturated carbocycles. The van der Waals surface area contributed by atoms with Gasteiger partial charge >= 0.3 is 0 Å². The van der Waals surface area contributed by atoms with Gasteiger partial charge in [0.1, 0.15) is 11.2 Å². The van der Waals surface area contributed by atoms with Crippen molar-refractivity contribution in [2.45, 2.75) is 13.1 Å². The van der Waals surface area contributed by atoms with Crippen LogP contribution in [-0.4, -0.2) is 37.1 Å². The molecule has 0 spiro atoms. The molecule has 0 aliphatic carbocycles. The first-order chi connectivity index (χ1) is 10.2. The first-order valence-electron chi connectivity index (χ1n) is 6.52. The highest BCUT2D eigenvalue weighted by molar-refractivity contribution is 7.21. The summed E-state index contributed by atoms with van der Waals surface area (Å²) in [7, 11) is 0. The van der Waals surface area contributed by atoms with Gasteiger partial charge < -0.3 is 15.2 Å². The maximum Gasteiger partial charge on any atom is 0.266 e. The molecule has 1 amide bonds. The standard InChI is InChI=1S/C13H12N6OS/c14-11-8-1-2-15-5-9(8)21-12(11)13(20)18-3-4-19-7-16-17-10(19)6-18/h1-2,5,7H,3-4,6,14H2. The summed E-state index contributed by atoms with van der Waals surface area (Å²) in [5.74, 6) is 0.749. The zero-order valence-corrected chi connectivity index (χ0v) is 11.9. The summed E-state index contributed by atoms with van der Waals surface area (Å²) < 4.78 is 2.89. The SMILES string of the molecule is Nc1c(C(=O)N2CCn3cnnc3C2)sc2cnccc12. The molecule has 8 heteroatoms. The third kappa shape index (κ3) is 1.87. The van der Waals surface area contributed by atoms with Crippen molar-refractivity contribution in [2.75, 3.05) is 12.3 Å². The van der Waals surface area contributed by atoms with Crippen molar-refractivity contribution in [3.05, 3.63) is 35.5 Å². The van der Waals surface area contributed by atoms with Gasteiger partial charge in [-0.3, -0.25) is 9.78 Å². The molecule has 0 fully saturated rings. The van der Waals surface area contributed by atoms with Gasteiger partial charge in [0.2, 0.25) is 0 Å². The van der Waals surface area contributed by atoms with E-state index in [0.29, 0.717) is 30.2 Å². The van der Waals surface area contributed by atoms with E-state index in [1.807, 2.05) is 10.6 Å². The van der Waals surface area contributed by atoms with Crippen molar-refractivity contribution in [1.82, 2.24) is 24.6 Å². The van der Waals surface area contributed by atoms with Crippen molar-refractivity contribution in [3.8, 4) is 0 Å². The summed E-state index contributed by atoms with van der Waals surface area (Å²) in [6.45, 7) is 1.81. The molecule has 1 aliphatic rings. The van der Waals surface area contributed by atoms with E-state index in [1.165, 1.54) is 11.3 Å². The number of hydrogen-bond acceptors (Lipinski definition) is 6. The lowest BCUT2D eigenvalue weighted by atomic mass is 10.2. The molecule has 0 bridgehead atoms. The fraction of sp³-hybridized carbons (Fsp3) is 0.231. The van der Waals surface area contributed by atoms with E-state index in [4.69, 9.17) is 5.73 Å². The van der Waals surface area contributed by atoms with Gasteiger partial charge in [0.25, 0.3) is 5.91 Å². The Hall–Kier alpha value is -2.48. The van der Waals surface area contributed by atoms with Gasteiger partial charge in [-0.25, -0.2) is 0 Å². The molecule has 4 rings (SSSR count). The fourth-order valence-electron chi connectivity index (χ4n) is 2.51. The molecule has 0 unspecified atom stereocenters. The lowest BCUT2D eigenvalue weighted by Crippen LogP contribution is -2.38. The van der Waals surface area contributed by atoms with E-state index >= 15 is 0 Å². The van der Waals surface area contributed by atoms with Crippen LogP contribution in [0.25, 0.3) is 10.1 Å². The monoisotopic (exact) mass is 300 g/mol. The van der Waals surface area contributed by atoms with Crippen LogP contribution in [0.1, 0.15) is 15.5 Å². The van der Waals surface area contributed by atoms with Crippen LogP contribution >= 0.6 is 11.3 Å². The fourth-order valence-corrected chi connectivity index (χ4v) is 3.57. The average molecular weight is 300 g/mol. The second-order valence-electron chi connectivity index (χ2n) is 4.88. The second kappa shape index (κ2) is 4.52. The zero-order chi connectivity index (χ0) is 14.4. The van der Waals surface area contributed by atoms with Crippen LogP contribution in [0.15, 0.2) is 24.8 Å². The van der Waals surface area contributed by atoms with Gasteiger partial charge in [-0.05, 0) is 6.07 Å². The Morgan fingerprint density at radius 3 is 3.14 bits per heavy atom. The van der Waals surface area contributed by atoms with Crippen molar-refractivity contribution < 1.29 is 4.79 Å². The topological polar surface area (TPSA) is 89.9 Å². The number of anilines is 1. The number of nitrogen functional groups attached to an aromatic ring is 1. The van der Waals surface area contributed by atoms with Crippen molar-refractivity contribution in [1.29, 1.82) is 0 Å². The predicted molar refractivity (Wildman–Crippen MR) is 78.8 cm³/mol. The van der Waals surface area contributed by atoms with Crippen LogP contribution in [0.5, 0.6) is 0 Å². The number of fused-ring (bicyclic) bond motifs is 2. The molecule has 1 aliphatic heterocycles. The number of nitrogens with two attached hydrogens (primary N) is 1. The summed E-state index contributed by atoms with van der Waals surface area (Å²) >= 11 is 1.39. The Balaban J connectivity index is 1.69. The van der Waals surface area contributed by atoms with Crippen LogP contribution in [0.2, 0.25) is 0 Å². The van der Waals surface area contributed by atoms with E-state index < -0.39 is 0 Å². The van der Waals surface area contributed by atoms with Crippen LogP contribution in [-0.2, 0) is 13.1 Å². The minimum absolute atomic E-state index is 0.0528. The maximum atomic E-state index is 12.7. The maximum absolute atomic E-state index is 12.7. The number of carbonyl (C=O) groups excluding carboxylic acids is 1. The van der Waals surface area contributed by atoms with Crippen LogP contribution in [0.3, 0.4) is 0 Å². The van der Waals surface area contributed by atoms with Crippen LogP contribution in [0, 0.1) is 0 Å². The van der Waals surface area contributed by atoms with E-state index in [9.17, 15) is 4.79 Å². The number of nitrogens with zero attached hydrogens (tertiary/aromatic N) is 5. The normalized spacial score (nSPS) is 14.4. The molecule has 0 saturated heterocycles. The summed E-state index contributed by atoms with van der Waals surface area (Å²) in [5.41, 5.74) is 6.66. The molecule has 3 aromatic rings. The van der Waals surface area contributed by atoms with Gasteiger partial charge in [-0.2, -0.15) is 0 Å². The molecule has 0 atom stereocenters. The van der Waals surface area contributed by atoms with E-state index in [2.05, 4.69) is 15.2 Å².